The van der Waals surface area contributed by atoms with Crippen LogP contribution in [0, 0.1) is 5.92 Å². The summed E-state index contributed by atoms with van der Waals surface area (Å²) in [5, 5.41) is 2.92. The van der Waals surface area contributed by atoms with E-state index >= 15 is 0 Å². The maximum atomic E-state index is 12.7. The molecule has 1 rings (SSSR count). The average molecular weight is 300 g/mol. The Morgan fingerprint density at radius 3 is 2.55 bits per heavy atom. The number of amides is 2. The maximum absolute atomic E-state index is 12.7. The largest absolute Gasteiger partial charge is 0.342 e. The fourth-order valence-electron chi connectivity index (χ4n) is 2.64. The predicted octanol–water partition coefficient (Wildman–Crippen LogP) is 2.28. The molecule has 1 heterocycles. The van der Waals surface area contributed by atoms with Crippen molar-refractivity contribution in [3.05, 3.63) is 0 Å². The van der Waals surface area contributed by atoms with Gasteiger partial charge in [-0.3, -0.25) is 9.59 Å². The minimum atomic E-state index is -0.691. The van der Waals surface area contributed by atoms with E-state index in [4.69, 9.17) is 0 Å². The monoisotopic (exact) mass is 300 g/mol. The van der Waals surface area contributed by atoms with Gasteiger partial charge < -0.3 is 10.2 Å². The molecule has 0 aromatic carbocycles. The Labute approximate surface area is 127 Å². The van der Waals surface area contributed by atoms with E-state index in [1.807, 2.05) is 18.7 Å². The first-order valence-corrected chi connectivity index (χ1v) is 8.87. The lowest BCUT2D eigenvalue weighted by Gasteiger charge is -2.46. The third kappa shape index (κ3) is 3.68. The van der Waals surface area contributed by atoms with Crippen LogP contribution in [0.25, 0.3) is 0 Å². The molecule has 1 N–H and O–H groups in total. The van der Waals surface area contributed by atoms with E-state index < -0.39 is 5.54 Å². The van der Waals surface area contributed by atoms with Gasteiger partial charge in [-0.1, -0.05) is 20.8 Å². The van der Waals surface area contributed by atoms with Crippen LogP contribution >= 0.6 is 11.8 Å². The van der Waals surface area contributed by atoms with Crippen molar-refractivity contribution >= 4 is 23.6 Å². The molecule has 4 nitrogen and oxygen atoms in total. The minimum Gasteiger partial charge on any atom is -0.342 e. The molecule has 0 aromatic rings. The van der Waals surface area contributed by atoms with Crippen molar-refractivity contribution in [3.63, 3.8) is 0 Å². The van der Waals surface area contributed by atoms with Gasteiger partial charge in [-0.2, -0.15) is 11.8 Å². The molecule has 1 aliphatic heterocycles. The summed E-state index contributed by atoms with van der Waals surface area (Å²) in [6, 6.07) is -0.351. The third-order valence-corrected chi connectivity index (χ3v) is 4.78. The molecular formula is C15H28N2O2S. The zero-order valence-corrected chi connectivity index (χ0v) is 14.2. The van der Waals surface area contributed by atoms with Crippen molar-refractivity contribution in [3.8, 4) is 0 Å². The highest BCUT2D eigenvalue weighted by Crippen LogP contribution is 2.27. The average Bonchev–Trinajstić information content (AvgIpc) is 2.39. The smallest absolute Gasteiger partial charge is 0.246 e. The molecule has 2 unspecified atom stereocenters. The Hall–Kier alpha value is -0.710. The second-order valence-electron chi connectivity index (χ2n) is 6.12. The molecular weight excluding hydrogens is 272 g/mol. The lowest BCUT2D eigenvalue weighted by Crippen LogP contribution is -2.69. The normalized spacial score (nSPS) is 27.1. The van der Waals surface area contributed by atoms with Crippen LogP contribution in [0.15, 0.2) is 0 Å². The van der Waals surface area contributed by atoms with Crippen molar-refractivity contribution in [1.82, 2.24) is 10.2 Å². The summed E-state index contributed by atoms with van der Waals surface area (Å²) in [5.41, 5.74) is -0.691. The van der Waals surface area contributed by atoms with Crippen LogP contribution in [0.4, 0.5) is 0 Å². The van der Waals surface area contributed by atoms with Crippen LogP contribution in [0.1, 0.15) is 47.0 Å². The maximum Gasteiger partial charge on any atom is 0.246 e. The summed E-state index contributed by atoms with van der Waals surface area (Å²) < 4.78 is 0. The number of rotatable bonds is 7. The molecule has 0 aliphatic carbocycles. The minimum absolute atomic E-state index is 0.00518. The Morgan fingerprint density at radius 2 is 2.05 bits per heavy atom. The van der Waals surface area contributed by atoms with E-state index in [0.29, 0.717) is 25.3 Å². The molecule has 0 saturated carbocycles. The van der Waals surface area contributed by atoms with Gasteiger partial charge in [0.1, 0.15) is 11.6 Å². The topological polar surface area (TPSA) is 49.4 Å². The number of nitrogens with zero attached hydrogens (tertiary/aromatic N) is 1. The number of hydrogen-bond acceptors (Lipinski definition) is 3. The van der Waals surface area contributed by atoms with Crippen molar-refractivity contribution in [2.75, 3.05) is 18.6 Å². The highest BCUT2D eigenvalue weighted by molar-refractivity contribution is 7.98. The Kier molecular flexibility index (Phi) is 6.37. The van der Waals surface area contributed by atoms with Crippen molar-refractivity contribution in [1.29, 1.82) is 0 Å². The summed E-state index contributed by atoms with van der Waals surface area (Å²) in [7, 11) is 0. The Balaban J connectivity index is 2.89. The van der Waals surface area contributed by atoms with E-state index in [-0.39, 0.29) is 17.9 Å². The van der Waals surface area contributed by atoms with Gasteiger partial charge in [0.25, 0.3) is 0 Å². The summed E-state index contributed by atoms with van der Waals surface area (Å²) in [5.74, 6) is 1.49. The number of carbonyl (C=O) groups excluding carboxylic acids is 2. The first-order chi connectivity index (χ1) is 9.36. The van der Waals surface area contributed by atoms with Crippen molar-refractivity contribution in [2.45, 2.75) is 58.5 Å². The Morgan fingerprint density at radius 1 is 1.40 bits per heavy atom. The molecule has 2 amide bonds. The van der Waals surface area contributed by atoms with Crippen LogP contribution in [-0.2, 0) is 9.59 Å². The van der Waals surface area contributed by atoms with Gasteiger partial charge in [0.05, 0.1) is 0 Å². The SMILES string of the molecule is CCC1(C)C(=O)NC(CC(C)C)C(=O)N1CCCSC. The molecule has 5 heteroatoms. The highest BCUT2D eigenvalue weighted by Gasteiger charge is 2.47. The van der Waals surface area contributed by atoms with E-state index in [0.717, 1.165) is 12.2 Å². The number of thioether (sulfide) groups is 1. The lowest BCUT2D eigenvalue weighted by atomic mass is 9.88. The van der Waals surface area contributed by atoms with Gasteiger partial charge >= 0.3 is 0 Å². The second-order valence-corrected chi connectivity index (χ2v) is 7.10. The van der Waals surface area contributed by atoms with Crippen LogP contribution in [-0.4, -0.2) is 46.8 Å². The van der Waals surface area contributed by atoms with Gasteiger partial charge in [0, 0.05) is 6.54 Å². The molecule has 0 radical (unpaired) electrons. The summed E-state index contributed by atoms with van der Waals surface area (Å²) in [6.45, 7) is 8.67. The van der Waals surface area contributed by atoms with E-state index in [2.05, 4.69) is 25.4 Å². The molecule has 2 atom stereocenters. The highest BCUT2D eigenvalue weighted by atomic mass is 32.2. The Bertz CT molecular complexity index is 360. The van der Waals surface area contributed by atoms with Gasteiger partial charge in [0.15, 0.2) is 0 Å². The van der Waals surface area contributed by atoms with E-state index in [1.165, 1.54) is 0 Å². The first-order valence-electron chi connectivity index (χ1n) is 7.48. The second kappa shape index (κ2) is 7.34. The van der Waals surface area contributed by atoms with Crippen LogP contribution in [0.5, 0.6) is 0 Å². The van der Waals surface area contributed by atoms with Crippen molar-refractivity contribution in [2.24, 2.45) is 5.92 Å². The first kappa shape index (κ1) is 17.3. The fourth-order valence-corrected chi connectivity index (χ4v) is 3.05. The lowest BCUT2D eigenvalue weighted by molar-refractivity contribution is -0.157. The summed E-state index contributed by atoms with van der Waals surface area (Å²) >= 11 is 1.77. The summed E-state index contributed by atoms with van der Waals surface area (Å²) in [6.07, 6.45) is 4.36. The number of carbonyl (C=O) groups is 2. The van der Waals surface area contributed by atoms with E-state index in [1.54, 1.807) is 11.8 Å². The summed E-state index contributed by atoms with van der Waals surface area (Å²) in [4.78, 5) is 26.9. The molecule has 116 valence electrons. The van der Waals surface area contributed by atoms with Gasteiger partial charge in [-0.05, 0) is 44.1 Å². The van der Waals surface area contributed by atoms with Gasteiger partial charge in [-0.15, -0.1) is 0 Å². The molecule has 20 heavy (non-hydrogen) atoms. The molecule has 0 spiro atoms. The molecule has 1 fully saturated rings. The zero-order valence-electron chi connectivity index (χ0n) is 13.4. The predicted molar refractivity (Wildman–Crippen MR) is 84.8 cm³/mol. The molecule has 1 aliphatic rings. The molecule has 1 saturated heterocycles. The third-order valence-electron chi connectivity index (χ3n) is 4.08. The van der Waals surface area contributed by atoms with Crippen molar-refractivity contribution < 1.29 is 9.59 Å². The van der Waals surface area contributed by atoms with E-state index in [9.17, 15) is 9.59 Å². The fraction of sp³-hybridized carbons (Fsp3) is 0.867. The molecule has 0 aromatic heterocycles. The standard InChI is InChI=1S/C15H28N2O2S/c1-6-15(4)14(19)16-12(10-11(2)3)13(18)17(15)8-7-9-20-5/h11-12H,6-10H2,1-5H3,(H,16,19). The quantitative estimate of drug-likeness (QED) is 0.734. The van der Waals surface area contributed by atoms with Crippen LogP contribution < -0.4 is 5.32 Å². The van der Waals surface area contributed by atoms with Gasteiger partial charge in [0.2, 0.25) is 11.8 Å². The zero-order chi connectivity index (χ0) is 15.3. The van der Waals surface area contributed by atoms with Gasteiger partial charge in [-0.25, -0.2) is 0 Å². The number of piperazine rings is 1. The number of nitrogens with one attached hydrogen (secondary N) is 1. The molecule has 0 bridgehead atoms. The van der Waals surface area contributed by atoms with Crippen LogP contribution in [0.2, 0.25) is 0 Å². The van der Waals surface area contributed by atoms with Crippen LogP contribution in [0.3, 0.4) is 0 Å². The number of hydrogen-bond donors (Lipinski definition) is 1.